The van der Waals surface area contributed by atoms with Gasteiger partial charge in [0, 0.05) is 37.9 Å². The van der Waals surface area contributed by atoms with Gasteiger partial charge in [0.1, 0.15) is 17.8 Å². The van der Waals surface area contributed by atoms with E-state index in [9.17, 15) is 35.9 Å². The number of anilines is 2. The number of aromatic nitrogens is 4. The van der Waals surface area contributed by atoms with E-state index in [0.29, 0.717) is 12.4 Å². The molecule has 0 radical (unpaired) electrons. The number of ether oxygens (including phenoxy) is 1. The monoisotopic (exact) mass is 567 g/mol. The van der Waals surface area contributed by atoms with Crippen LogP contribution < -0.4 is 15.8 Å². The third-order valence-corrected chi connectivity index (χ3v) is 6.44. The number of nitrogens with zero attached hydrogens (tertiary/aromatic N) is 5. The van der Waals surface area contributed by atoms with Crippen LogP contribution in [0.2, 0.25) is 0 Å². The fourth-order valence-electron chi connectivity index (χ4n) is 4.57. The Hall–Kier alpha value is -3.50. The van der Waals surface area contributed by atoms with Gasteiger partial charge in [-0.05, 0) is 13.3 Å². The Morgan fingerprint density at radius 3 is 2.38 bits per heavy atom. The smallest absolute Gasteiger partial charge is 0.378 e. The summed E-state index contributed by atoms with van der Waals surface area (Å²) in [5, 5.41) is 7.63. The second-order valence-corrected chi connectivity index (χ2v) is 9.26. The van der Waals surface area contributed by atoms with Gasteiger partial charge in [-0.15, -0.1) is 0 Å². The van der Waals surface area contributed by atoms with Gasteiger partial charge >= 0.3 is 12.4 Å². The predicted molar refractivity (Wildman–Crippen MR) is 122 cm³/mol. The van der Waals surface area contributed by atoms with Crippen LogP contribution in [0.3, 0.4) is 0 Å². The summed E-state index contributed by atoms with van der Waals surface area (Å²) < 4.78 is 98.5. The number of rotatable bonds is 7. The molecule has 4 heterocycles. The van der Waals surface area contributed by atoms with Gasteiger partial charge in [-0.25, -0.2) is 19.5 Å². The molecule has 39 heavy (non-hydrogen) atoms. The van der Waals surface area contributed by atoms with Gasteiger partial charge in [-0.1, -0.05) is 0 Å². The van der Waals surface area contributed by atoms with E-state index in [4.69, 9.17) is 4.74 Å². The average molecular weight is 567 g/mol. The van der Waals surface area contributed by atoms with Gasteiger partial charge in [0.15, 0.2) is 0 Å². The molecule has 2 aromatic rings. The summed E-state index contributed by atoms with van der Waals surface area (Å²) >= 11 is 0. The molecule has 2 aromatic heterocycles. The number of carbonyl (C=O) groups is 1. The summed E-state index contributed by atoms with van der Waals surface area (Å²) in [5.41, 5.74) is -4.40. The molecule has 2 fully saturated rings. The number of hydrogen-bond acceptors (Lipinski definition) is 8. The van der Waals surface area contributed by atoms with E-state index in [2.05, 4.69) is 20.4 Å². The Morgan fingerprint density at radius 2 is 1.77 bits per heavy atom. The molecule has 0 aromatic carbocycles. The summed E-state index contributed by atoms with van der Waals surface area (Å²) in [7, 11) is 0. The topological polar surface area (TPSA) is 116 Å². The van der Waals surface area contributed by atoms with Gasteiger partial charge in [-0.3, -0.25) is 9.59 Å². The average Bonchev–Trinajstić information content (AvgIpc) is 3.21. The molecule has 2 N–H and O–H groups in total. The zero-order valence-electron chi connectivity index (χ0n) is 20.4. The number of carbonyl (C=O) groups excluding carboxylic acids is 1. The lowest BCUT2D eigenvalue weighted by Gasteiger charge is -2.39. The molecule has 1 unspecified atom stereocenters. The van der Waals surface area contributed by atoms with Crippen LogP contribution in [0.15, 0.2) is 23.4 Å². The summed E-state index contributed by atoms with van der Waals surface area (Å²) in [6.45, 7) is 1.49. The van der Waals surface area contributed by atoms with Gasteiger partial charge in [0.05, 0.1) is 36.6 Å². The van der Waals surface area contributed by atoms with Crippen LogP contribution >= 0.6 is 0 Å². The number of hydrogen-bond donors (Lipinski definition) is 2. The Bertz CT molecular complexity index is 1220. The number of likely N-dealkylation sites (tertiary alicyclic amines) is 1. The number of aromatic amines is 1. The van der Waals surface area contributed by atoms with Crippen LogP contribution in [0.25, 0.3) is 0 Å². The van der Waals surface area contributed by atoms with Crippen molar-refractivity contribution in [1.29, 1.82) is 0 Å². The van der Waals surface area contributed by atoms with E-state index < -0.39 is 65.0 Å². The van der Waals surface area contributed by atoms with Crippen LogP contribution in [0.1, 0.15) is 30.9 Å². The normalized spacial score (nSPS) is 23.3. The van der Waals surface area contributed by atoms with Crippen molar-refractivity contribution in [3.63, 3.8) is 0 Å². The molecular formula is C22H24F7N7O3. The third kappa shape index (κ3) is 6.39. The van der Waals surface area contributed by atoms with Gasteiger partial charge in [0.2, 0.25) is 5.95 Å². The van der Waals surface area contributed by atoms with Crippen LogP contribution in [-0.4, -0.2) is 81.6 Å². The SMILES string of the molecule is CC(CO[C@@H]1CCN([C@H]2CCN(c3ncc(C(F)(F)F)cn3)C[C@H]2F)C1=O)Nc1cn[nH]c(=O)c1C(F)(F)F. The molecule has 4 atom stereocenters. The largest absolute Gasteiger partial charge is 0.423 e. The lowest BCUT2D eigenvalue weighted by molar-refractivity contribution is -0.140. The van der Waals surface area contributed by atoms with E-state index in [-0.39, 0.29) is 45.0 Å². The summed E-state index contributed by atoms with van der Waals surface area (Å²) in [5.74, 6) is -0.522. The van der Waals surface area contributed by atoms with Crippen molar-refractivity contribution >= 4 is 17.5 Å². The Balaban J connectivity index is 1.30. The molecule has 0 bridgehead atoms. The molecule has 2 saturated heterocycles. The minimum absolute atomic E-state index is 0.0520. The highest BCUT2D eigenvalue weighted by molar-refractivity contribution is 5.83. The van der Waals surface area contributed by atoms with E-state index in [0.717, 1.165) is 6.20 Å². The fourth-order valence-corrected chi connectivity index (χ4v) is 4.57. The molecule has 4 rings (SSSR count). The first-order valence-electron chi connectivity index (χ1n) is 11.9. The molecule has 17 heteroatoms. The van der Waals surface area contributed by atoms with Gasteiger partial charge in [0.25, 0.3) is 11.5 Å². The Kier molecular flexibility index (Phi) is 7.99. The highest BCUT2D eigenvalue weighted by Crippen LogP contribution is 2.32. The second kappa shape index (κ2) is 10.9. The molecule has 214 valence electrons. The maximum atomic E-state index is 15.1. The minimum atomic E-state index is -4.92. The molecule has 0 aliphatic carbocycles. The second-order valence-electron chi connectivity index (χ2n) is 9.26. The first-order chi connectivity index (χ1) is 18.3. The van der Waals surface area contributed by atoms with Crippen molar-refractivity contribution in [2.24, 2.45) is 0 Å². The van der Waals surface area contributed by atoms with E-state index in [1.807, 2.05) is 0 Å². The van der Waals surface area contributed by atoms with E-state index in [1.54, 1.807) is 5.10 Å². The lowest BCUT2D eigenvalue weighted by atomic mass is 10.0. The predicted octanol–water partition coefficient (Wildman–Crippen LogP) is 2.63. The summed E-state index contributed by atoms with van der Waals surface area (Å²) in [4.78, 5) is 34.6. The van der Waals surface area contributed by atoms with Gasteiger partial charge in [-0.2, -0.15) is 31.4 Å². The summed E-state index contributed by atoms with van der Waals surface area (Å²) in [6.07, 6.45) is -9.49. The molecule has 10 nitrogen and oxygen atoms in total. The van der Waals surface area contributed by atoms with E-state index in [1.165, 1.54) is 16.7 Å². The highest BCUT2D eigenvalue weighted by atomic mass is 19.4. The Morgan fingerprint density at radius 1 is 1.08 bits per heavy atom. The van der Waals surface area contributed by atoms with Crippen molar-refractivity contribution in [3.8, 4) is 0 Å². The number of amides is 1. The first-order valence-corrected chi connectivity index (χ1v) is 11.9. The van der Waals surface area contributed by atoms with Crippen LogP contribution in [0.5, 0.6) is 0 Å². The zero-order valence-corrected chi connectivity index (χ0v) is 20.4. The number of nitrogens with one attached hydrogen (secondary N) is 2. The van der Waals surface area contributed by atoms with Crippen molar-refractivity contribution in [2.75, 3.05) is 36.5 Å². The quantitative estimate of drug-likeness (QED) is 0.491. The minimum Gasteiger partial charge on any atom is -0.378 e. The van der Waals surface area contributed by atoms with Crippen molar-refractivity contribution in [2.45, 2.75) is 56.5 Å². The van der Waals surface area contributed by atoms with Crippen LogP contribution in [0.4, 0.5) is 42.4 Å². The van der Waals surface area contributed by atoms with Gasteiger partial charge < -0.3 is 19.9 Å². The maximum Gasteiger partial charge on any atom is 0.423 e. The van der Waals surface area contributed by atoms with Crippen LogP contribution in [-0.2, 0) is 21.9 Å². The molecule has 0 saturated carbocycles. The Labute approximate surface area is 216 Å². The molecule has 1 amide bonds. The molecular weight excluding hydrogens is 543 g/mol. The fraction of sp³-hybridized carbons (Fsp3) is 0.591. The number of piperidine rings is 1. The van der Waals surface area contributed by atoms with Crippen molar-refractivity contribution in [3.05, 3.63) is 40.1 Å². The molecule has 2 aliphatic rings. The highest BCUT2D eigenvalue weighted by Gasteiger charge is 2.43. The zero-order chi connectivity index (χ0) is 28.5. The maximum absolute atomic E-state index is 15.1. The van der Waals surface area contributed by atoms with Crippen LogP contribution in [0, 0.1) is 0 Å². The van der Waals surface area contributed by atoms with Crippen molar-refractivity contribution in [1.82, 2.24) is 25.1 Å². The first kappa shape index (κ1) is 28.5. The number of alkyl halides is 7. The third-order valence-electron chi connectivity index (χ3n) is 6.44. The van der Waals surface area contributed by atoms with Crippen molar-refractivity contribution < 1.29 is 40.3 Å². The lowest BCUT2D eigenvalue weighted by Crippen LogP contribution is -2.54. The number of H-pyrrole nitrogens is 1. The number of halogens is 7. The molecule has 2 aliphatic heterocycles. The summed E-state index contributed by atoms with van der Waals surface area (Å²) in [6, 6.07) is -1.53. The standard InChI is InChI=1S/C22H24F7N7O3/c1-11(33-14-8-32-34-18(37)17(14)22(27,28)29)10-39-16-3-5-36(19(16)38)15-2-4-35(9-13(15)23)20-30-6-12(7-31-20)21(24,25)26/h6-8,11,13,15-16H,2-5,9-10H2,1H3,(H2,33,34,37)/t11?,13-,15+,16-/m1/s1. The molecule has 0 spiro atoms. The van der Waals surface area contributed by atoms with E-state index >= 15 is 4.39 Å².